The highest BCUT2D eigenvalue weighted by Crippen LogP contribution is 2.63. The summed E-state index contributed by atoms with van der Waals surface area (Å²) in [5.74, 6) is 4.57. The fourth-order valence-corrected chi connectivity index (χ4v) is 26.4. The lowest BCUT2D eigenvalue weighted by Gasteiger charge is -2.52. The number of hydrogen-bond donors (Lipinski definition) is 3. The number of nitrogens with zero attached hydrogens (tertiary/aromatic N) is 5. The second-order valence-corrected chi connectivity index (χ2v) is 43.8. The number of piperidine rings is 2. The summed E-state index contributed by atoms with van der Waals surface area (Å²) in [6.07, 6.45) is 12.0. The van der Waals surface area contributed by atoms with E-state index in [1.807, 2.05) is 94.4 Å². The summed E-state index contributed by atoms with van der Waals surface area (Å²) < 4.78 is 40.2. The largest absolute Gasteiger partial charge is 0.496 e. The van der Waals surface area contributed by atoms with Crippen LogP contribution >= 0.6 is 46.4 Å². The molecule has 0 aromatic heterocycles. The third-order valence-corrected chi connectivity index (χ3v) is 32.9. The van der Waals surface area contributed by atoms with Gasteiger partial charge in [0.15, 0.2) is 0 Å². The van der Waals surface area contributed by atoms with Crippen molar-refractivity contribution in [1.82, 2.24) is 35.1 Å². The minimum absolute atomic E-state index is 0.00839. The Balaban J connectivity index is 0.000000133. The van der Waals surface area contributed by atoms with Crippen molar-refractivity contribution < 1.29 is 61.9 Å². The third kappa shape index (κ3) is 20.2. The number of methoxy groups -OCH3 is 4. The molecule has 8 aromatic rings. The lowest BCUT2D eigenvalue weighted by molar-refractivity contribution is -0.142. The fraction of sp³-hybridized carbons (Fsp3) is 0.518. The molecule has 6 amide bonds. The predicted octanol–water partition coefficient (Wildman–Crippen LogP) is 21.8. The summed E-state index contributed by atoms with van der Waals surface area (Å²) in [4.78, 5) is 91.2. The van der Waals surface area contributed by atoms with Gasteiger partial charge in [0.05, 0.1) is 41.7 Å². The maximum absolute atomic E-state index is 14.5. The van der Waals surface area contributed by atoms with Crippen molar-refractivity contribution in [1.29, 1.82) is 0 Å². The quantitative estimate of drug-likeness (QED) is 0.0865. The number of nitrogens with one attached hydrogen (secondary N) is 2. The van der Waals surface area contributed by atoms with Crippen LogP contribution in [0.4, 0.5) is 9.59 Å². The van der Waals surface area contributed by atoms with E-state index in [0.29, 0.717) is 61.5 Å². The van der Waals surface area contributed by atoms with Crippen molar-refractivity contribution in [3.05, 3.63) is 257 Å². The molecule has 25 heteroatoms. The van der Waals surface area contributed by atoms with Crippen LogP contribution in [0.1, 0.15) is 246 Å². The molecule has 7 heterocycles. The second-order valence-electron chi connectivity index (χ2n) is 42.0. The zero-order chi connectivity index (χ0) is 97.4. The highest BCUT2D eigenvalue weighted by molar-refractivity contribution is 6.31. The Labute approximate surface area is 829 Å². The number of morpholine rings is 1. The van der Waals surface area contributed by atoms with Crippen molar-refractivity contribution >= 4 is 82.2 Å². The molecule has 0 bridgehead atoms. The predicted molar refractivity (Wildman–Crippen MR) is 540 cm³/mol. The van der Waals surface area contributed by atoms with E-state index < -0.39 is 45.5 Å². The summed E-state index contributed by atoms with van der Waals surface area (Å²) in [7, 11) is 6.91. The van der Waals surface area contributed by atoms with E-state index in [-0.39, 0.29) is 95.3 Å². The van der Waals surface area contributed by atoms with Gasteiger partial charge in [-0.2, -0.15) is 0 Å². The Morgan fingerprint density at radius 3 is 0.985 bits per heavy atom. The SMILES string of the molecule is COc1cc(C)ccc1C1CCC2(N)C(=O)N(C(=O)OC(C)(C)C)CC2C1c1ccc(Cl)cc1.COc1cc(C)ccc1C1CCC2(N3CCCCC3)C(=O)N(C(=O)OC(C)(C)C)CC2C1c1ccc(Cl)cc1.COc1cc(C)ccc1C1CCC2(N3CCCCC3)C(=O)NCC2C1c1ccc(Cl)cc1.COc1cc(C)ccc1C1CCC2(N3CCOCC3)C(=O)NCC2C1c1ccc(Cl)cc1. The normalized spacial score (nSPS) is 28.9. The van der Waals surface area contributed by atoms with Gasteiger partial charge in [0.25, 0.3) is 11.8 Å². The molecular formula is C112H138Cl4N8O13. The highest BCUT2D eigenvalue weighted by atomic mass is 35.5. The van der Waals surface area contributed by atoms with Crippen LogP contribution in [0.2, 0.25) is 20.1 Å². The number of fused-ring (bicyclic) bond motifs is 4. The van der Waals surface area contributed by atoms with Gasteiger partial charge < -0.3 is 49.5 Å². The number of ether oxygens (including phenoxy) is 7. The molecular weight excluding hydrogens is 1810 g/mol. The number of carbonyl (C=O) groups is 6. The number of rotatable bonds is 15. The van der Waals surface area contributed by atoms with Crippen LogP contribution < -0.4 is 35.3 Å². The maximum atomic E-state index is 14.5. The monoisotopic (exact) mass is 1940 g/mol. The van der Waals surface area contributed by atoms with E-state index in [1.165, 1.54) is 68.9 Å². The van der Waals surface area contributed by atoms with Gasteiger partial charge in [-0.05, 0) is 359 Å². The van der Waals surface area contributed by atoms with E-state index in [1.54, 1.807) is 49.2 Å². The van der Waals surface area contributed by atoms with E-state index in [2.05, 4.69) is 149 Å². The number of likely N-dealkylation sites (tertiary alicyclic amines) is 4. The van der Waals surface area contributed by atoms with Gasteiger partial charge in [-0.25, -0.2) is 19.4 Å². The standard InChI is InChI=1S/C32H41ClN2O4.C27H33ClN2O4.C27H33ClN2O2.C26H31ClN2O3/c1-21-9-14-24(27(19-21)38-5)25-15-16-32(34-17-7-6-8-18-34)26(28(25)22-10-12-23(33)13-11-22)20-35(29(32)36)30(37)39-31(2,3)4;1-16-6-11-19(22(14-16)33-5)20-12-13-27(29)21(23(20)17-7-9-18(28)10-8-17)15-30(24(27)31)25(32)34-26(2,3)4;1-18-6-11-21(24(16-18)32-2)22-12-13-27(30-14-4-3-5-15-30)23(17-29-26(27)31)25(22)19-7-9-20(28)10-8-19;1-17-3-8-20(23(15-17)31-2)21-9-10-26(29-11-13-32-14-12-29)22(16-28-25(26)30)24(21)18-4-6-19(27)7-5-18/h9-14,19,25-26,28H,6-8,15-18,20H2,1-5H3;6-11,14,20-21,23H,12-13,15,29H2,1-5H3;6-11,16,22-23,25H,3-5,12-15,17H2,1-2H3,(H,29,31);3-8,15,21-22,24H,9-14,16H2,1-2H3,(H,28,30). The van der Waals surface area contributed by atoms with Crippen molar-refractivity contribution in [3.8, 4) is 23.0 Å². The van der Waals surface area contributed by atoms with Gasteiger partial charge in [-0.1, -0.05) is 156 Å². The van der Waals surface area contributed by atoms with Crippen LogP contribution in [0.25, 0.3) is 0 Å². The lowest BCUT2D eigenvalue weighted by Crippen LogP contribution is -2.63. The number of benzene rings is 8. The minimum Gasteiger partial charge on any atom is -0.496 e. The molecule has 0 spiro atoms. The molecule has 16 atom stereocenters. The molecule has 16 unspecified atom stereocenters. The number of imide groups is 2. The summed E-state index contributed by atoms with van der Waals surface area (Å²) in [6.45, 7) is 27.9. The lowest BCUT2D eigenvalue weighted by atomic mass is 9.59. The molecule has 732 valence electrons. The van der Waals surface area contributed by atoms with Gasteiger partial charge in [0.1, 0.15) is 56.4 Å². The Kier molecular flexibility index (Phi) is 30.8. The van der Waals surface area contributed by atoms with Crippen LogP contribution in [0.15, 0.2) is 170 Å². The molecule has 11 fully saturated rings. The molecule has 21 nitrogen and oxygen atoms in total. The summed E-state index contributed by atoms with van der Waals surface area (Å²) in [5, 5.41) is 9.32. The first-order valence-electron chi connectivity index (χ1n) is 49.5. The Morgan fingerprint density at radius 1 is 0.372 bits per heavy atom. The van der Waals surface area contributed by atoms with Crippen LogP contribution in [0.3, 0.4) is 0 Å². The zero-order valence-corrected chi connectivity index (χ0v) is 85.1. The highest BCUT2D eigenvalue weighted by Gasteiger charge is 2.67. The number of halogens is 4. The smallest absolute Gasteiger partial charge is 0.417 e. The molecule has 0 radical (unpaired) electrons. The van der Waals surface area contributed by atoms with E-state index in [9.17, 15) is 28.8 Å². The first kappa shape index (κ1) is 101. The topological polar surface area (TPSA) is 233 Å². The van der Waals surface area contributed by atoms with Gasteiger partial charge in [0, 0.05) is 83.0 Å². The Bertz CT molecular complexity index is 5500. The second kappa shape index (κ2) is 41.9. The van der Waals surface area contributed by atoms with Gasteiger partial charge in [0.2, 0.25) is 11.8 Å². The number of hydrogen-bond acceptors (Lipinski definition) is 17. The Hall–Kier alpha value is -9.26. The van der Waals surface area contributed by atoms with E-state index in [0.717, 1.165) is 157 Å². The number of amides is 6. The van der Waals surface area contributed by atoms with Crippen LogP contribution in [0, 0.1) is 51.4 Å². The summed E-state index contributed by atoms with van der Waals surface area (Å²) in [5.41, 5.74) is 16.7. The number of carbonyl (C=O) groups excluding carboxylic acids is 6. The average molecular weight is 1950 g/mol. The van der Waals surface area contributed by atoms with Crippen molar-refractivity contribution in [2.24, 2.45) is 29.4 Å². The van der Waals surface area contributed by atoms with Crippen molar-refractivity contribution in [3.63, 3.8) is 0 Å². The molecule has 7 aliphatic heterocycles. The van der Waals surface area contributed by atoms with Gasteiger partial charge in [-0.15, -0.1) is 0 Å². The zero-order valence-electron chi connectivity index (χ0n) is 82.1. The molecule has 11 aliphatic rings. The van der Waals surface area contributed by atoms with Crippen LogP contribution in [0.5, 0.6) is 23.0 Å². The van der Waals surface area contributed by atoms with E-state index >= 15 is 0 Å². The first-order valence-corrected chi connectivity index (χ1v) is 51.0. The molecule has 19 rings (SSSR count). The minimum atomic E-state index is -1.14. The van der Waals surface area contributed by atoms with Crippen LogP contribution in [-0.4, -0.2) is 201 Å². The average Bonchev–Trinajstić information content (AvgIpc) is 1.55. The molecule has 137 heavy (non-hydrogen) atoms. The molecule has 4 saturated carbocycles. The summed E-state index contributed by atoms with van der Waals surface area (Å²) in [6, 6.07) is 57.9. The summed E-state index contributed by atoms with van der Waals surface area (Å²) >= 11 is 25.0. The molecule has 4 N–H and O–H groups in total. The first-order chi connectivity index (χ1) is 65.6. The third-order valence-electron chi connectivity index (χ3n) is 31.9. The fourth-order valence-electron chi connectivity index (χ4n) is 25.9. The Morgan fingerprint density at radius 2 is 0.657 bits per heavy atom. The van der Waals surface area contributed by atoms with Crippen LogP contribution in [-0.2, 0) is 33.4 Å². The number of aryl methyl sites for hydroxylation is 4. The molecule has 8 aromatic carbocycles. The van der Waals surface area contributed by atoms with Gasteiger partial charge >= 0.3 is 12.2 Å². The van der Waals surface area contributed by atoms with Crippen molar-refractivity contribution in [2.75, 3.05) is 107 Å². The van der Waals surface area contributed by atoms with Gasteiger partial charge in [-0.3, -0.25) is 33.9 Å². The van der Waals surface area contributed by atoms with Crippen molar-refractivity contribution in [2.45, 2.75) is 240 Å². The maximum Gasteiger partial charge on any atom is 0.417 e. The molecule has 7 saturated heterocycles. The number of nitrogens with two attached hydrogens (primary N) is 1. The molecule has 4 aliphatic carbocycles. The van der Waals surface area contributed by atoms with E-state index in [4.69, 9.17) is 85.3 Å².